The van der Waals surface area contributed by atoms with E-state index in [9.17, 15) is 0 Å². The van der Waals surface area contributed by atoms with Gasteiger partial charge in [0.2, 0.25) is 0 Å². The molecule has 0 amide bonds. The highest BCUT2D eigenvalue weighted by molar-refractivity contribution is 5.10. The van der Waals surface area contributed by atoms with Crippen LogP contribution in [-0.4, -0.2) is 0 Å². The van der Waals surface area contributed by atoms with Crippen LogP contribution in [0.3, 0.4) is 0 Å². The Kier molecular flexibility index (Phi) is 5.95. The van der Waals surface area contributed by atoms with Gasteiger partial charge in [0.05, 0.1) is 0 Å². The van der Waals surface area contributed by atoms with Crippen LogP contribution in [0.1, 0.15) is 79.6 Å². The van der Waals surface area contributed by atoms with E-state index in [1.807, 2.05) is 13.8 Å². The van der Waals surface area contributed by atoms with Crippen LogP contribution in [0.4, 0.5) is 0 Å². The van der Waals surface area contributed by atoms with Crippen LogP contribution in [0.25, 0.3) is 0 Å². The maximum Gasteiger partial charge on any atom is -0.0175 e. The Labute approximate surface area is 115 Å². The Balaban J connectivity index is 0.000000771. The molecule has 0 spiro atoms. The number of fused-ring (bicyclic) bond motifs is 1. The summed E-state index contributed by atoms with van der Waals surface area (Å²) in [5.74, 6) is 2.79. The molecule has 3 atom stereocenters. The molecule has 0 radical (unpaired) electrons. The lowest BCUT2D eigenvalue weighted by atomic mass is 9.54. The summed E-state index contributed by atoms with van der Waals surface area (Å²) in [5, 5.41) is 0. The van der Waals surface area contributed by atoms with Gasteiger partial charge in [-0.15, -0.1) is 0 Å². The van der Waals surface area contributed by atoms with Gasteiger partial charge in [-0.1, -0.05) is 59.6 Å². The first kappa shape index (κ1) is 15.8. The van der Waals surface area contributed by atoms with Crippen molar-refractivity contribution in [3.63, 3.8) is 0 Å². The lowest BCUT2D eigenvalue weighted by molar-refractivity contribution is 0.0225. The predicted octanol–water partition coefficient (Wildman–Crippen LogP) is 6.22. The minimum Gasteiger partial charge on any atom is -0.0996 e. The maximum atomic E-state index is 4.35. The average Bonchev–Trinajstić information content (AvgIpc) is 2.35. The van der Waals surface area contributed by atoms with E-state index >= 15 is 0 Å². The molecule has 2 saturated carbocycles. The van der Waals surface area contributed by atoms with Crippen molar-refractivity contribution >= 4 is 0 Å². The quantitative estimate of drug-likeness (QED) is 0.510. The van der Waals surface area contributed by atoms with Crippen LogP contribution < -0.4 is 0 Å². The van der Waals surface area contributed by atoms with E-state index in [0.29, 0.717) is 5.41 Å². The number of hydrogen-bond acceptors (Lipinski definition) is 0. The van der Waals surface area contributed by atoms with E-state index < -0.39 is 0 Å². The van der Waals surface area contributed by atoms with Crippen molar-refractivity contribution in [2.75, 3.05) is 0 Å². The van der Waals surface area contributed by atoms with Crippen molar-refractivity contribution in [1.29, 1.82) is 0 Å². The summed E-state index contributed by atoms with van der Waals surface area (Å²) < 4.78 is 0. The van der Waals surface area contributed by atoms with Crippen molar-refractivity contribution in [1.82, 2.24) is 0 Å². The lowest BCUT2D eigenvalue weighted by Crippen LogP contribution is -2.41. The van der Waals surface area contributed by atoms with Crippen molar-refractivity contribution in [3.05, 3.63) is 12.2 Å². The Morgan fingerprint density at radius 1 is 1.22 bits per heavy atom. The minimum atomic E-state index is 0.593. The van der Waals surface area contributed by atoms with Crippen LogP contribution in [0.5, 0.6) is 0 Å². The molecule has 0 aliphatic heterocycles. The highest BCUT2D eigenvalue weighted by atomic mass is 14.5. The van der Waals surface area contributed by atoms with Gasteiger partial charge in [0, 0.05) is 0 Å². The van der Waals surface area contributed by atoms with Gasteiger partial charge in [0.15, 0.2) is 0 Å². The summed E-state index contributed by atoms with van der Waals surface area (Å²) in [6, 6.07) is 0. The van der Waals surface area contributed by atoms with Crippen molar-refractivity contribution in [2.24, 2.45) is 23.2 Å². The molecule has 0 heteroatoms. The molecule has 3 unspecified atom stereocenters. The number of rotatable bonds is 2. The lowest BCUT2D eigenvalue weighted by Gasteiger charge is -2.51. The zero-order valence-corrected chi connectivity index (χ0v) is 13.4. The summed E-state index contributed by atoms with van der Waals surface area (Å²) in [6.07, 6.45) is 9.79. The summed E-state index contributed by atoms with van der Waals surface area (Å²) in [4.78, 5) is 0. The summed E-state index contributed by atoms with van der Waals surface area (Å²) in [5.41, 5.74) is 2.16. The first-order chi connectivity index (χ1) is 8.56. The first-order valence-electron chi connectivity index (χ1n) is 8.24. The van der Waals surface area contributed by atoms with Gasteiger partial charge < -0.3 is 0 Å². The summed E-state index contributed by atoms with van der Waals surface area (Å²) >= 11 is 0. The minimum absolute atomic E-state index is 0.593. The fourth-order valence-corrected chi connectivity index (χ4v) is 4.40. The second-order valence-electron chi connectivity index (χ2n) is 6.74. The van der Waals surface area contributed by atoms with Crippen molar-refractivity contribution in [2.45, 2.75) is 79.6 Å². The Hall–Kier alpha value is -0.260. The second kappa shape index (κ2) is 6.78. The van der Waals surface area contributed by atoms with Gasteiger partial charge >= 0.3 is 0 Å². The van der Waals surface area contributed by atoms with Crippen molar-refractivity contribution < 1.29 is 0 Å². The normalized spacial score (nSPS) is 34.3. The molecule has 0 N–H and O–H groups in total. The van der Waals surface area contributed by atoms with Crippen LogP contribution in [0.2, 0.25) is 0 Å². The molecule has 0 aromatic carbocycles. The molecule has 0 bridgehead atoms. The largest absolute Gasteiger partial charge is 0.0996 e. The molecule has 0 aromatic heterocycles. The summed E-state index contributed by atoms with van der Waals surface area (Å²) in [7, 11) is 0. The summed E-state index contributed by atoms with van der Waals surface area (Å²) in [6.45, 7) is 15.7. The van der Waals surface area contributed by atoms with E-state index in [4.69, 9.17) is 0 Å². The SMILES string of the molecule is C=C1CCC2C(CCCC2(C)C)C1CCC.CC. The molecule has 0 nitrogen and oxygen atoms in total. The fourth-order valence-electron chi connectivity index (χ4n) is 4.40. The van der Waals surface area contributed by atoms with E-state index in [0.717, 1.165) is 17.8 Å². The van der Waals surface area contributed by atoms with E-state index in [1.54, 1.807) is 5.57 Å². The molecule has 106 valence electrons. The third-order valence-electron chi connectivity index (χ3n) is 5.30. The van der Waals surface area contributed by atoms with Gasteiger partial charge in [-0.2, -0.15) is 0 Å². The van der Waals surface area contributed by atoms with Crippen LogP contribution in [-0.2, 0) is 0 Å². The van der Waals surface area contributed by atoms with E-state index in [2.05, 4.69) is 27.4 Å². The highest BCUT2D eigenvalue weighted by Gasteiger charge is 2.44. The first-order valence-corrected chi connectivity index (χ1v) is 8.24. The smallest absolute Gasteiger partial charge is 0.0175 e. The van der Waals surface area contributed by atoms with Gasteiger partial charge in [-0.3, -0.25) is 0 Å². The van der Waals surface area contributed by atoms with Gasteiger partial charge in [-0.25, -0.2) is 0 Å². The molecule has 2 aliphatic carbocycles. The molecule has 0 saturated heterocycles. The fraction of sp³-hybridized carbons (Fsp3) is 0.889. The van der Waals surface area contributed by atoms with Gasteiger partial charge in [-0.05, 0) is 55.3 Å². The second-order valence-corrected chi connectivity index (χ2v) is 6.74. The Bertz CT molecular complexity index is 261. The monoisotopic (exact) mass is 250 g/mol. The molecule has 18 heavy (non-hydrogen) atoms. The van der Waals surface area contributed by atoms with Crippen LogP contribution >= 0.6 is 0 Å². The van der Waals surface area contributed by atoms with Crippen LogP contribution in [0, 0.1) is 23.2 Å². The van der Waals surface area contributed by atoms with Crippen LogP contribution in [0.15, 0.2) is 12.2 Å². The molecule has 2 fully saturated rings. The Morgan fingerprint density at radius 3 is 2.50 bits per heavy atom. The number of allylic oxidation sites excluding steroid dienone is 1. The molecular weight excluding hydrogens is 216 g/mol. The Morgan fingerprint density at radius 2 is 1.89 bits per heavy atom. The predicted molar refractivity (Wildman–Crippen MR) is 82.7 cm³/mol. The molecule has 0 heterocycles. The zero-order chi connectivity index (χ0) is 13.8. The van der Waals surface area contributed by atoms with Gasteiger partial charge in [0.1, 0.15) is 0 Å². The number of hydrogen-bond donors (Lipinski definition) is 0. The topological polar surface area (TPSA) is 0 Å². The van der Waals surface area contributed by atoms with Crippen molar-refractivity contribution in [3.8, 4) is 0 Å². The molecule has 0 aromatic rings. The van der Waals surface area contributed by atoms with E-state index in [1.165, 1.54) is 44.9 Å². The third kappa shape index (κ3) is 3.19. The average molecular weight is 250 g/mol. The van der Waals surface area contributed by atoms with E-state index in [-0.39, 0.29) is 0 Å². The molecule has 2 rings (SSSR count). The standard InChI is InChI=1S/C16H28.C2H6/c1-5-7-13-12(2)9-10-15-14(13)8-6-11-16(15,3)4;1-2/h13-15H,2,5-11H2,1,3-4H3;1-2H3. The molecular formula is C18H34. The van der Waals surface area contributed by atoms with Gasteiger partial charge in [0.25, 0.3) is 0 Å². The third-order valence-corrected chi connectivity index (χ3v) is 5.30. The highest BCUT2D eigenvalue weighted by Crippen LogP contribution is 2.54. The molecule has 2 aliphatic rings. The zero-order valence-electron chi connectivity index (χ0n) is 13.4. The maximum absolute atomic E-state index is 4.35.